The highest BCUT2D eigenvalue weighted by molar-refractivity contribution is 5.85. The maximum atomic E-state index is 12.3. The Morgan fingerprint density at radius 2 is 1.95 bits per heavy atom. The van der Waals surface area contributed by atoms with Crippen LogP contribution in [0.25, 0.3) is 0 Å². The fraction of sp³-hybridized carbons (Fsp3) is 0.533. The van der Waals surface area contributed by atoms with E-state index in [2.05, 4.69) is 6.92 Å². The Labute approximate surface area is 121 Å². The van der Waals surface area contributed by atoms with Crippen LogP contribution in [-0.4, -0.2) is 23.4 Å². The first-order valence-electron chi connectivity index (χ1n) is 6.80. The van der Waals surface area contributed by atoms with E-state index in [0.29, 0.717) is 12.5 Å². The summed E-state index contributed by atoms with van der Waals surface area (Å²) in [4.78, 5) is 14.4. The van der Waals surface area contributed by atoms with Crippen LogP contribution in [0.3, 0.4) is 0 Å². The van der Waals surface area contributed by atoms with Gasteiger partial charge in [0.2, 0.25) is 5.91 Å². The van der Waals surface area contributed by atoms with E-state index in [1.165, 1.54) is 12.8 Å². The summed E-state index contributed by atoms with van der Waals surface area (Å²) < 4.78 is 0. The number of nitrogen functional groups attached to an aromatic ring is 1. The van der Waals surface area contributed by atoms with Gasteiger partial charge in [-0.1, -0.05) is 25.0 Å². The van der Waals surface area contributed by atoms with Crippen molar-refractivity contribution in [2.24, 2.45) is 0 Å². The van der Waals surface area contributed by atoms with Crippen LogP contribution in [0.4, 0.5) is 5.69 Å². The molecule has 1 aromatic carbocycles. The fourth-order valence-electron chi connectivity index (χ4n) is 2.56. The molecule has 1 saturated heterocycles. The molecule has 1 heterocycles. The minimum atomic E-state index is 0. The van der Waals surface area contributed by atoms with Gasteiger partial charge >= 0.3 is 0 Å². The summed E-state index contributed by atoms with van der Waals surface area (Å²) in [5.74, 6) is 0.245. The standard InChI is InChI=1S/C15H22N2O.ClH/c1-12-5-3-2-4-10-17(12)15(18)11-13-6-8-14(16)9-7-13;/h6-9,12H,2-5,10-11,16H2,1H3;1H. The molecule has 2 rings (SSSR count). The van der Waals surface area contributed by atoms with E-state index in [-0.39, 0.29) is 18.3 Å². The third-order valence-electron chi connectivity index (χ3n) is 3.71. The van der Waals surface area contributed by atoms with Crippen molar-refractivity contribution in [2.45, 2.75) is 45.1 Å². The molecule has 106 valence electrons. The molecule has 4 heteroatoms. The first-order chi connectivity index (χ1) is 8.66. The van der Waals surface area contributed by atoms with E-state index >= 15 is 0 Å². The number of halogens is 1. The summed E-state index contributed by atoms with van der Waals surface area (Å²) in [6.07, 6.45) is 5.25. The Balaban J connectivity index is 0.00000180. The summed E-state index contributed by atoms with van der Waals surface area (Å²) in [5.41, 5.74) is 7.44. The van der Waals surface area contributed by atoms with Gasteiger partial charge < -0.3 is 10.6 Å². The molecule has 3 nitrogen and oxygen atoms in total. The molecule has 1 unspecified atom stereocenters. The zero-order valence-electron chi connectivity index (χ0n) is 11.5. The molecule has 1 atom stereocenters. The van der Waals surface area contributed by atoms with Crippen LogP contribution in [-0.2, 0) is 11.2 Å². The molecule has 1 aliphatic heterocycles. The minimum absolute atomic E-state index is 0. The summed E-state index contributed by atoms with van der Waals surface area (Å²) in [5, 5.41) is 0. The van der Waals surface area contributed by atoms with Crippen LogP contribution in [0, 0.1) is 0 Å². The number of nitrogens with zero attached hydrogens (tertiary/aromatic N) is 1. The first-order valence-corrected chi connectivity index (χ1v) is 6.80. The van der Waals surface area contributed by atoms with Crippen molar-refractivity contribution in [3.63, 3.8) is 0 Å². The van der Waals surface area contributed by atoms with Gasteiger partial charge in [-0.25, -0.2) is 0 Å². The Bertz CT molecular complexity index is 405. The molecule has 0 spiro atoms. The molecule has 0 saturated carbocycles. The van der Waals surface area contributed by atoms with Crippen LogP contribution in [0.5, 0.6) is 0 Å². The van der Waals surface area contributed by atoms with Crippen molar-refractivity contribution in [1.29, 1.82) is 0 Å². The molecule has 0 aromatic heterocycles. The number of hydrogen-bond acceptors (Lipinski definition) is 2. The van der Waals surface area contributed by atoms with Gasteiger partial charge in [0, 0.05) is 18.3 Å². The lowest BCUT2D eigenvalue weighted by molar-refractivity contribution is -0.132. The number of anilines is 1. The van der Waals surface area contributed by atoms with E-state index < -0.39 is 0 Å². The van der Waals surface area contributed by atoms with Crippen LogP contribution < -0.4 is 5.73 Å². The number of rotatable bonds is 2. The molecular formula is C15H23ClN2O. The van der Waals surface area contributed by atoms with Crippen LogP contribution >= 0.6 is 12.4 Å². The molecule has 0 aliphatic carbocycles. The van der Waals surface area contributed by atoms with Crippen molar-refractivity contribution in [2.75, 3.05) is 12.3 Å². The number of carbonyl (C=O) groups is 1. The van der Waals surface area contributed by atoms with Crippen molar-refractivity contribution in [1.82, 2.24) is 4.90 Å². The number of hydrogen-bond donors (Lipinski definition) is 1. The molecular weight excluding hydrogens is 260 g/mol. The number of amides is 1. The second-order valence-electron chi connectivity index (χ2n) is 5.20. The van der Waals surface area contributed by atoms with Crippen LogP contribution in [0.2, 0.25) is 0 Å². The highest BCUT2D eigenvalue weighted by Crippen LogP contribution is 2.18. The average molecular weight is 283 g/mol. The molecule has 1 aliphatic rings. The van der Waals surface area contributed by atoms with Crippen LogP contribution in [0.1, 0.15) is 38.2 Å². The smallest absolute Gasteiger partial charge is 0.227 e. The lowest BCUT2D eigenvalue weighted by Gasteiger charge is -2.27. The molecule has 0 radical (unpaired) electrons. The maximum Gasteiger partial charge on any atom is 0.227 e. The second kappa shape index (κ2) is 7.39. The normalized spacial score (nSPS) is 19.4. The summed E-state index contributed by atoms with van der Waals surface area (Å²) in [6, 6.07) is 7.97. The highest BCUT2D eigenvalue weighted by atomic mass is 35.5. The fourth-order valence-corrected chi connectivity index (χ4v) is 2.56. The predicted octanol–water partition coefficient (Wildman–Crippen LogP) is 3.02. The van der Waals surface area contributed by atoms with E-state index in [1.807, 2.05) is 29.2 Å². The molecule has 19 heavy (non-hydrogen) atoms. The minimum Gasteiger partial charge on any atom is -0.399 e. The van der Waals surface area contributed by atoms with Crippen molar-refractivity contribution in [3.8, 4) is 0 Å². The van der Waals surface area contributed by atoms with Gasteiger partial charge in [-0.05, 0) is 37.5 Å². The van der Waals surface area contributed by atoms with Gasteiger partial charge in [-0.3, -0.25) is 4.79 Å². The number of benzene rings is 1. The molecule has 1 aromatic rings. The van der Waals surface area contributed by atoms with Crippen molar-refractivity contribution >= 4 is 24.0 Å². The zero-order chi connectivity index (χ0) is 13.0. The third kappa shape index (κ3) is 4.43. The van der Waals surface area contributed by atoms with E-state index in [0.717, 1.165) is 30.6 Å². The van der Waals surface area contributed by atoms with Gasteiger partial charge in [0.1, 0.15) is 0 Å². The SMILES string of the molecule is CC1CCCCCN1C(=O)Cc1ccc(N)cc1.Cl. The highest BCUT2D eigenvalue weighted by Gasteiger charge is 2.21. The Kier molecular flexibility index (Phi) is 6.16. The van der Waals surface area contributed by atoms with E-state index in [4.69, 9.17) is 5.73 Å². The van der Waals surface area contributed by atoms with E-state index in [9.17, 15) is 4.79 Å². The Hall–Kier alpha value is -1.22. The third-order valence-corrected chi connectivity index (χ3v) is 3.71. The van der Waals surface area contributed by atoms with E-state index in [1.54, 1.807) is 0 Å². The zero-order valence-corrected chi connectivity index (χ0v) is 12.3. The average Bonchev–Trinajstić information content (AvgIpc) is 2.57. The quantitative estimate of drug-likeness (QED) is 0.848. The molecule has 0 bridgehead atoms. The summed E-state index contributed by atoms with van der Waals surface area (Å²) >= 11 is 0. The monoisotopic (exact) mass is 282 g/mol. The largest absolute Gasteiger partial charge is 0.399 e. The number of likely N-dealkylation sites (tertiary alicyclic amines) is 1. The van der Waals surface area contributed by atoms with Crippen LogP contribution in [0.15, 0.2) is 24.3 Å². The molecule has 1 amide bonds. The van der Waals surface area contributed by atoms with Gasteiger partial charge in [0.25, 0.3) is 0 Å². The summed E-state index contributed by atoms with van der Waals surface area (Å²) in [6.45, 7) is 3.07. The van der Waals surface area contributed by atoms with Gasteiger partial charge in [-0.2, -0.15) is 0 Å². The summed E-state index contributed by atoms with van der Waals surface area (Å²) in [7, 11) is 0. The van der Waals surface area contributed by atoms with Gasteiger partial charge in [0.05, 0.1) is 6.42 Å². The maximum absolute atomic E-state index is 12.3. The Morgan fingerprint density at radius 3 is 2.63 bits per heavy atom. The lowest BCUT2D eigenvalue weighted by Crippen LogP contribution is -2.39. The van der Waals surface area contributed by atoms with Crippen molar-refractivity contribution < 1.29 is 4.79 Å². The molecule has 1 fully saturated rings. The van der Waals surface area contributed by atoms with Gasteiger partial charge in [0.15, 0.2) is 0 Å². The molecule has 2 N–H and O–H groups in total. The van der Waals surface area contributed by atoms with Gasteiger partial charge in [-0.15, -0.1) is 12.4 Å². The number of nitrogens with two attached hydrogens (primary N) is 1. The first kappa shape index (κ1) is 15.8. The second-order valence-corrected chi connectivity index (χ2v) is 5.20. The number of carbonyl (C=O) groups excluding carboxylic acids is 1. The topological polar surface area (TPSA) is 46.3 Å². The Morgan fingerprint density at radius 1 is 1.26 bits per heavy atom. The predicted molar refractivity (Wildman–Crippen MR) is 81.4 cm³/mol. The van der Waals surface area contributed by atoms with Crippen molar-refractivity contribution in [3.05, 3.63) is 29.8 Å². The lowest BCUT2D eigenvalue weighted by atomic mass is 10.1.